The van der Waals surface area contributed by atoms with Crippen molar-refractivity contribution in [1.29, 1.82) is 0 Å². The van der Waals surface area contributed by atoms with Crippen LogP contribution >= 0.6 is 12.6 Å². The quantitative estimate of drug-likeness (QED) is 0.469. The fraction of sp³-hybridized carbons (Fsp3) is 0.654. The number of amides is 3. The molecule has 0 saturated heterocycles. The van der Waals surface area contributed by atoms with Crippen molar-refractivity contribution in [3.8, 4) is 0 Å². The van der Waals surface area contributed by atoms with E-state index in [4.69, 9.17) is 4.74 Å². The maximum atomic E-state index is 13.6. The standard InChI is InChI=1S/C26H41N3O4S/c1-7-29(24(31)21(16-34)28-25(32)33-26(4,5)6)22(20-14-13-17(2)15-18(20)3)23(30)27-19-11-9-8-10-12-19/h13-15,19,21-22,34H,7-12,16H2,1-6H3,(H,27,30)(H,28,32). The van der Waals surface area contributed by atoms with Gasteiger partial charge in [0.2, 0.25) is 11.8 Å². The molecule has 1 aliphatic carbocycles. The lowest BCUT2D eigenvalue weighted by Gasteiger charge is -2.35. The Bertz CT molecular complexity index is 862. The van der Waals surface area contributed by atoms with Crippen molar-refractivity contribution in [2.45, 2.75) is 97.4 Å². The van der Waals surface area contributed by atoms with Crippen LogP contribution in [0.2, 0.25) is 0 Å². The van der Waals surface area contributed by atoms with Crippen molar-refractivity contribution >= 4 is 30.5 Å². The Morgan fingerprint density at radius 1 is 1.15 bits per heavy atom. The van der Waals surface area contributed by atoms with Gasteiger partial charge in [0.25, 0.3) is 0 Å². The summed E-state index contributed by atoms with van der Waals surface area (Å²) in [5.41, 5.74) is 2.11. The van der Waals surface area contributed by atoms with Crippen LogP contribution in [0.15, 0.2) is 18.2 Å². The maximum Gasteiger partial charge on any atom is 0.408 e. The van der Waals surface area contributed by atoms with Gasteiger partial charge in [-0.2, -0.15) is 12.6 Å². The number of nitrogens with zero attached hydrogens (tertiary/aromatic N) is 1. The summed E-state index contributed by atoms with van der Waals surface area (Å²) in [6.07, 6.45) is 4.59. The lowest BCUT2D eigenvalue weighted by Crippen LogP contribution is -2.54. The predicted molar refractivity (Wildman–Crippen MR) is 138 cm³/mol. The molecule has 0 spiro atoms. The first kappa shape index (κ1) is 28.0. The molecule has 0 aliphatic heterocycles. The van der Waals surface area contributed by atoms with E-state index in [-0.39, 0.29) is 23.6 Å². The molecule has 2 atom stereocenters. The summed E-state index contributed by atoms with van der Waals surface area (Å²) in [5, 5.41) is 5.82. The summed E-state index contributed by atoms with van der Waals surface area (Å²) in [6, 6.07) is 4.28. The third-order valence-corrected chi connectivity index (χ3v) is 6.39. The average Bonchev–Trinajstić information content (AvgIpc) is 2.75. The second-order valence-corrected chi connectivity index (χ2v) is 10.5. The van der Waals surface area contributed by atoms with Crippen LogP contribution in [0.4, 0.5) is 4.79 Å². The Hall–Kier alpha value is -2.22. The van der Waals surface area contributed by atoms with E-state index >= 15 is 0 Å². The zero-order chi connectivity index (χ0) is 25.5. The highest BCUT2D eigenvalue weighted by Crippen LogP contribution is 2.27. The number of benzene rings is 1. The summed E-state index contributed by atoms with van der Waals surface area (Å²) in [5.74, 6) is -0.477. The number of rotatable bonds is 8. The molecule has 2 N–H and O–H groups in total. The third-order valence-electron chi connectivity index (χ3n) is 6.03. The van der Waals surface area contributed by atoms with Gasteiger partial charge in [0.1, 0.15) is 17.7 Å². The zero-order valence-electron chi connectivity index (χ0n) is 21.4. The molecule has 1 aromatic carbocycles. The van der Waals surface area contributed by atoms with Crippen molar-refractivity contribution in [1.82, 2.24) is 15.5 Å². The molecule has 2 unspecified atom stereocenters. The van der Waals surface area contributed by atoms with E-state index < -0.39 is 23.8 Å². The Labute approximate surface area is 209 Å². The average molecular weight is 492 g/mol. The maximum absolute atomic E-state index is 13.6. The van der Waals surface area contributed by atoms with Gasteiger partial charge < -0.3 is 20.3 Å². The highest BCUT2D eigenvalue weighted by Gasteiger charge is 2.36. The molecule has 190 valence electrons. The summed E-state index contributed by atoms with van der Waals surface area (Å²) in [6.45, 7) is 11.4. The molecule has 0 heterocycles. The second kappa shape index (κ2) is 12.5. The van der Waals surface area contributed by atoms with E-state index in [1.165, 1.54) is 11.3 Å². The van der Waals surface area contributed by atoms with Gasteiger partial charge in [-0.05, 0) is 65.5 Å². The number of aryl methyl sites for hydroxylation is 2. The minimum atomic E-state index is -0.922. The van der Waals surface area contributed by atoms with Crippen molar-refractivity contribution in [3.05, 3.63) is 34.9 Å². The number of ether oxygens (including phenoxy) is 1. The van der Waals surface area contributed by atoms with Gasteiger partial charge in [-0.25, -0.2) is 4.79 Å². The number of thiol groups is 1. The topological polar surface area (TPSA) is 87.7 Å². The van der Waals surface area contributed by atoms with Crippen LogP contribution < -0.4 is 10.6 Å². The first-order valence-electron chi connectivity index (χ1n) is 12.2. The van der Waals surface area contributed by atoms with Gasteiger partial charge in [-0.1, -0.05) is 43.0 Å². The fourth-order valence-corrected chi connectivity index (χ4v) is 4.66. The minimum Gasteiger partial charge on any atom is -0.444 e. The molecule has 1 aromatic rings. The van der Waals surface area contributed by atoms with Crippen LogP contribution in [0.1, 0.15) is 82.5 Å². The van der Waals surface area contributed by atoms with Crippen molar-refractivity contribution < 1.29 is 19.1 Å². The molecule has 1 aliphatic rings. The van der Waals surface area contributed by atoms with Crippen molar-refractivity contribution in [2.24, 2.45) is 0 Å². The van der Waals surface area contributed by atoms with Gasteiger partial charge in [0, 0.05) is 18.3 Å². The van der Waals surface area contributed by atoms with Crippen LogP contribution in [0.25, 0.3) is 0 Å². The number of hydrogen-bond donors (Lipinski definition) is 3. The van der Waals surface area contributed by atoms with Crippen LogP contribution in [-0.4, -0.2) is 52.8 Å². The van der Waals surface area contributed by atoms with Crippen LogP contribution in [-0.2, 0) is 14.3 Å². The number of hydrogen-bond acceptors (Lipinski definition) is 5. The Kier molecular flexibility index (Phi) is 10.3. The smallest absolute Gasteiger partial charge is 0.408 e. The molecule has 8 heteroatoms. The van der Waals surface area contributed by atoms with E-state index in [0.717, 1.165) is 42.4 Å². The van der Waals surface area contributed by atoms with Crippen LogP contribution in [0, 0.1) is 13.8 Å². The molecule has 2 rings (SSSR count). The first-order valence-corrected chi connectivity index (χ1v) is 12.9. The summed E-state index contributed by atoms with van der Waals surface area (Å²) in [4.78, 5) is 41.2. The predicted octanol–water partition coefficient (Wildman–Crippen LogP) is 4.47. The Balaban J connectivity index is 2.35. The van der Waals surface area contributed by atoms with E-state index in [9.17, 15) is 14.4 Å². The fourth-order valence-electron chi connectivity index (χ4n) is 4.41. The molecule has 0 aromatic heterocycles. The molecule has 1 fully saturated rings. The van der Waals surface area contributed by atoms with E-state index in [1.807, 2.05) is 39.0 Å². The first-order chi connectivity index (χ1) is 16.0. The highest BCUT2D eigenvalue weighted by molar-refractivity contribution is 7.80. The number of likely N-dealkylation sites (N-methyl/N-ethyl adjacent to an activating group) is 1. The molecule has 3 amide bonds. The zero-order valence-corrected chi connectivity index (χ0v) is 22.3. The van der Waals surface area contributed by atoms with Gasteiger partial charge in [0.05, 0.1) is 0 Å². The monoisotopic (exact) mass is 491 g/mol. The summed E-state index contributed by atoms with van der Waals surface area (Å²) < 4.78 is 5.32. The number of carbonyl (C=O) groups is 3. The lowest BCUT2D eigenvalue weighted by atomic mass is 9.93. The molecule has 1 saturated carbocycles. The van der Waals surface area contributed by atoms with Crippen LogP contribution in [0.3, 0.4) is 0 Å². The van der Waals surface area contributed by atoms with Crippen molar-refractivity contribution in [3.63, 3.8) is 0 Å². The lowest BCUT2D eigenvalue weighted by molar-refractivity contribution is -0.142. The van der Waals surface area contributed by atoms with E-state index in [0.29, 0.717) is 6.54 Å². The molecule has 0 radical (unpaired) electrons. The largest absolute Gasteiger partial charge is 0.444 e. The minimum absolute atomic E-state index is 0.0818. The number of alkyl carbamates (subject to hydrolysis) is 1. The molecule has 34 heavy (non-hydrogen) atoms. The van der Waals surface area contributed by atoms with Gasteiger partial charge in [-0.3, -0.25) is 9.59 Å². The summed E-state index contributed by atoms with van der Waals surface area (Å²) >= 11 is 4.30. The second-order valence-electron chi connectivity index (χ2n) is 10.1. The van der Waals surface area contributed by atoms with Gasteiger partial charge in [0.15, 0.2) is 0 Å². The SMILES string of the molecule is CCN(C(=O)C(CS)NC(=O)OC(C)(C)C)C(C(=O)NC1CCCCC1)c1ccc(C)cc1C. The highest BCUT2D eigenvalue weighted by atomic mass is 32.1. The molecule has 0 bridgehead atoms. The summed E-state index contributed by atoms with van der Waals surface area (Å²) in [7, 11) is 0. The van der Waals surface area contributed by atoms with E-state index in [1.54, 1.807) is 20.8 Å². The Morgan fingerprint density at radius 3 is 2.32 bits per heavy atom. The molecular weight excluding hydrogens is 450 g/mol. The van der Waals surface area contributed by atoms with Crippen molar-refractivity contribution in [2.75, 3.05) is 12.3 Å². The Morgan fingerprint density at radius 2 is 1.79 bits per heavy atom. The van der Waals surface area contributed by atoms with Gasteiger partial charge in [-0.15, -0.1) is 0 Å². The molecular formula is C26H41N3O4S. The normalized spacial score (nSPS) is 16.3. The number of nitrogens with one attached hydrogen (secondary N) is 2. The third kappa shape index (κ3) is 7.93. The number of carbonyl (C=O) groups excluding carboxylic acids is 3. The van der Waals surface area contributed by atoms with Gasteiger partial charge >= 0.3 is 6.09 Å². The van der Waals surface area contributed by atoms with E-state index in [2.05, 4.69) is 23.3 Å². The van der Waals surface area contributed by atoms with Crippen LogP contribution in [0.5, 0.6) is 0 Å². The molecule has 7 nitrogen and oxygen atoms in total.